The van der Waals surface area contributed by atoms with E-state index < -0.39 is 0 Å². The summed E-state index contributed by atoms with van der Waals surface area (Å²) < 4.78 is 1.76. The van der Waals surface area contributed by atoms with E-state index in [2.05, 4.69) is 31.2 Å². The lowest BCUT2D eigenvalue weighted by atomic mass is 9.95. The molecule has 0 saturated carbocycles. The number of amides is 1. The van der Waals surface area contributed by atoms with Crippen LogP contribution in [0.15, 0.2) is 24.4 Å². The first kappa shape index (κ1) is 13.8. The second-order valence-electron chi connectivity index (χ2n) is 5.54. The van der Waals surface area contributed by atoms with Gasteiger partial charge in [0.2, 0.25) is 0 Å². The van der Waals surface area contributed by atoms with Crippen LogP contribution in [0.25, 0.3) is 0 Å². The standard InChI is InChI=1S/C14H19N3OS/c1-14(2,3)12-6-5-11(19-12)13(18)15-9-10-7-8-16-17(10)4/h5-8H,9H2,1-4H3,(H,15,18). The fourth-order valence-corrected chi connectivity index (χ4v) is 2.68. The van der Waals surface area contributed by atoms with Crippen molar-refractivity contribution in [3.05, 3.63) is 39.8 Å². The van der Waals surface area contributed by atoms with Crippen molar-refractivity contribution in [2.45, 2.75) is 32.7 Å². The van der Waals surface area contributed by atoms with Gasteiger partial charge in [-0.15, -0.1) is 11.3 Å². The zero-order valence-electron chi connectivity index (χ0n) is 11.7. The Balaban J connectivity index is 2.01. The summed E-state index contributed by atoms with van der Waals surface area (Å²) in [6, 6.07) is 5.82. The van der Waals surface area contributed by atoms with Crippen molar-refractivity contribution in [1.29, 1.82) is 0 Å². The number of thiophene rings is 1. The van der Waals surface area contributed by atoms with E-state index in [1.807, 2.05) is 25.2 Å². The molecule has 0 saturated heterocycles. The normalized spacial score (nSPS) is 11.6. The fraction of sp³-hybridized carbons (Fsp3) is 0.429. The van der Waals surface area contributed by atoms with Gasteiger partial charge in [0.1, 0.15) is 0 Å². The number of hydrogen-bond donors (Lipinski definition) is 1. The van der Waals surface area contributed by atoms with E-state index >= 15 is 0 Å². The minimum absolute atomic E-state index is 0.0262. The van der Waals surface area contributed by atoms with Crippen LogP contribution in [0.5, 0.6) is 0 Å². The molecule has 0 unspecified atom stereocenters. The van der Waals surface area contributed by atoms with Crippen LogP contribution in [0.4, 0.5) is 0 Å². The maximum atomic E-state index is 12.1. The number of hydrogen-bond acceptors (Lipinski definition) is 3. The van der Waals surface area contributed by atoms with E-state index in [1.165, 1.54) is 4.88 Å². The van der Waals surface area contributed by atoms with Crippen LogP contribution in [0.2, 0.25) is 0 Å². The van der Waals surface area contributed by atoms with Gasteiger partial charge >= 0.3 is 0 Å². The predicted octanol–water partition coefficient (Wildman–Crippen LogP) is 2.71. The van der Waals surface area contributed by atoms with Gasteiger partial charge in [0.15, 0.2) is 0 Å². The summed E-state index contributed by atoms with van der Waals surface area (Å²) in [6.45, 7) is 6.94. The van der Waals surface area contributed by atoms with Gasteiger partial charge in [-0.1, -0.05) is 20.8 Å². The molecule has 5 heteroatoms. The number of nitrogens with one attached hydrogen (secondary N) is 1. The van der Waals surface area contributed by atoms with Gasteiger partial charge in [0, 0.05) is 18.1 Å². The SMILES string of the molecule is Cn1nccc1CNC(=O)c1ccc(C(C)(C)C)s1. The molecule has 2 aromatic rings. The average Bonchev–Trinajstić information content (AvgIpc) is 2.93. The highest BCUT2D eigenvalue weighted by Crippen LogP contribution is 2.29. The lowest BCUT2D eigenvalue weighted by molar-refractivity contribution is 0.0954. The molecular weight excluding hydrogens is 258 g/mol. The van der Waals surface area contributed by atoms with Crippen LogP contribution < -0.4 is 5.32 Å². The Labute approximate surface area is 117 Å². The minimum atomic E-state index is -0.0262. The topological polar surface area (TPSA) is 46.9 Å². The molecule has 0 bridgehead atoms. The van der Waals surface area contributed by atoms with Crippen LogP contribution >= 0.6 is 11.3 Å². The Morgan fingerprint density at radius 1 is 1.37 bits per heavy atom. The summed E-state index contributed by atoms with van der Waals surface area (Å²) in [5.74, 6) is -0.0262. The van der Waals surface area contributed by atoms with E-state index in [4.69, 9.17) is 0 Å². The van der Waals surface area contributed by atoms with Crippen molar-refractivity contribution < 1.29 is 4.79 Å². The van der Waals surface area contributed by atoms with E-state index in [0.29, 0.717) is 6.54 Å². The Morgan fingerprint density at radius 2 is 2.11 bits per heavy atom. The summed E-state index contributed by atoms with van der Waals surface area (Å²) >= 11 is 1.55. The van der Waals surface area contributed by atoms with E-state index in [0.717, 1.165) is 10.6 Å². The molecule has 0 aromatic carbocycles. The molecule has 2 rings (SSSR count). The summed E-state index contributed by atoms with van der Waals surface area (Å²) in [5, 5.41) is 6.99. The molecule has 0 radical (unpaired) electrons. The van der Waals surface area contributed by atoms with Gasteiger partial charge in [0.25, 0.3) is 5.91 Å². The van der Waals surface area contributed by atoms with Crippen molar-refractivity contribution in [3.8, 4) is 0 Å². The number of carbonyl (C=O) groups is 1. The van der Waals surface area contributed by atoms with Crippen LogP contribution in [0.3, 0.4) is 0 Å². The highest BCUT2D eigenvalue weighted by Gasteiger charge is 2.18. The van der Waals surface area contributed by atoms with Crippen molar-refractivity contribution in [1.82, 2.24) is 15.1 Å². The summed E-state index contributed by atoms with van der Waals surface area (Å²) in [4.78, 5) is 14.0. The molecule has 19 heavy (non-hydrogen) atoms. The molecule has 4 nitrogen and oxygen atoms in total. The predicted molar refractivity (Wildman–Crippen MR) is 77.4 cm³/mol. The lowest BCUT2D eigenvalue weighted by Crippen LogP contribution is -2.23. The molecule has 1 N–H and O–H groups in total. The first-order chi connectivity index (χ1) is 8.88. The second-order valence-corrected chi connectivity index (χ2v) is 6.63. The molecule has 0 aliphatic heterocycles. The first-order valence-electron chi connectivity index (χ1n) is 6.23. The number of nitrogens with zero attached hydrogens (tertiary/aromatic N) is 2. The van der Waals surface area contributed by atoms with Crippen molar-refractivity contribution in [3.63, 3.8) is 0 Å². The Bertz CT molecular complexity index is 578. The maximum Gasteiger partial charge on any atom is 0.261 e. The summed E-state index contributed by atoms with van der Waals surface area (Å²) in [5.41, 5.74) is 1.08. The Morgan fingerprint density at radius 3 is 2.63 bits per heavy atom. The molecular formula is C14H19N3OS. The van der Waals surface area contributed by atoms with E-state index in [1.54, 1.807) is 22.2 Å². The highest BCUT2D eigenvalue weighted by molar-refractivity contribution is 7.14. The van der Waals surface area contributed by atoms with Gasteiger partial charge in [-0.2, -0.15) is 5.10 Å². The molecule has 2 heterocycles. The number of rotatable bonds is 3. The van der Waals surface area contributed by atoms with Gasteiger partial charge < -0.3 is 5.32 Å². The lowest BCUT2D eigenvalue weighted by Gasteiger charge is -2.15. The molecule has 0 fully saturated rings. The highest BCUT2D eigenvalue weighted by atomic mass is 32.1. The maximum absolute atomic E-state index is 12.1. The molecule has 2 aromatic heterocycles. The molecule has 102 valence electrons. The van der Waals surface area contributed by atoms with Gasteiger partial charge in [-0.3, -0.25) is 9.48 Å². The van der Waals surface area contributed by atoms with Crippen LogP contribution in [-0.2, 0) is 19.0 Å². The second kappa shape index (κ2) is 5.17. The van der Waals surface area contributed by atoms with Crippen LogP contribution in [-0.4, -0.2) is 15.7 Å². The monoisotopic (exact) mass is 277 g/mol. The van der Waals surface area contributed by atoms with Crippen LogP contribution in [0, 0.1) is 0 Å². The Kier molecular flexibility index (Phi) is 3.75. The van der Waals surface area contributed by atoms with E-state index in [9.17, 15) is 4.79 Å². The van der Waals surface area contributed by atoms with Crippen molar-refractivity contribution in [2.75, 3.05) is 0 Å². The largest absolute Gasteiger partial charge is 0.346 e. The van der Waals surface area contributed by atoms with Crippen LogP contribution in [0.1, 0.15) is 41.0 Å². The third-order valence-corrected chi connectivity index (χ3v) is 4.43. The molecule has 1 amide bonds. The van der Waals surface area contributed by atoms with Gasteiger partial charge in [-0.05, 0) is 23.6 Å². The molecule has 0 atom stereocenters. The van der Waals surface area contributed by atoms with Crippen molar-refractivity contribution in [2.24, 2.45) is 7.05 Å². The summed E-state index contributed by atoms with van der Waals surface area (Å²) in [7, 11) is 1.87. The molecule has 0 spiro atoms. The zero-order valence-corrected chi connectivity index (χ0v) is 12.5. The van der Waals surface area contributed by atoms with Crippen molar-refractivity contribution >= 4 is 17.2 Å². The zero-order chi connectivity index (χ0) is 14.0. The number of aryl methyl sites for hydroxylation is 1. The first-order valence-corrected chi connectivity index (χ1v) is 7.05. The average molecular weight is 277 g/mol. The third-order valence-electron chi connectivity index (χ3n) is 2.92. The number of aromatic nitrogens is 2. The molecule has 0 aliphatic rings. The summed E-state index contributed by atoms with van der Waals surface area (Å²) in [6.07, 6.45) is 1.73. The fourth-order valence-electron chi connectivity index (χ4n) is 1.70. The minimum Gasteiger partial charge on any atom is -0.346 e. The third kappa shape index (κ3) is 3.23. The van der Waals surface area contributed by atoms with Gasteiger partial charge in [0.05, 0.1) is 17.1 Å². The smallest absolute Gasteiger partial charge is 0.261 e. The number of carbonyl (C=O) groups excluding carboxylic acids is 1. The Hall–Kier alpha value is -1.62. The van der Waals surface area contributed by atoms with Gasteiger partial charge in [-0.25, -0.2) is 0 Å². The quantitative estimate of drug-likeness (QED) is 0.937. The van der Waals surface area contributed by atoms with E-state index in [-0.39, 0.29) is 11.3 Å². The molecule has 0 aliphatic carbocycles.